The van der Waals surface area contributed by atoms with Gasteiger partial charge in [-0.2, -0.15) is 0 Å². The van der Waals surface area contributed by atoms with E-state index in [1.165, 1.54) is 0 Å². The van der Waals surface area contributed by atoms with E-state index in [0.717, 1.165) is 0 Å². The van der Waals surface area contributed by atoms with Crippen LogP contribution in [-0.2, 0) is 0 Å². The van der Waals surface area contributed by atoms with Crippen LogP contribution in [-0.4, -0.2) is 110 Å². The van der Waals surface area contributed by atoms with Crippen LogP contribution in [0.15, 0.2) is 0 Å². The molecule has 25 heavy (non-hydrogen) atoms. The zero-order valence-electron chi connectivity index (χ0n) is 13.0. The Labute approximate surface area is 150 Å². The summed E-state index contributed by atoms with van der Waals surface area (Å²) >= 11 is 0. The predicted octanol–water partition coefficient (Wildman–Crippen LogP) is -6.10. The monoisotopic (exact) mass is 380 g/mol. The molecule has 0 aliphatic carbocycles. The molecular weight excluding hydrogens is 365 g/mol. The molecule has 0 aliphatic rings. The minimum atomic E-state index is -2.17. The van der Waals surface area contributed by atoms with Gasteiger partial charge >= 0.3 is 58.1 Å². The molecule has 0 atom stereocenters. The minimum absolute atomic E-state index is 0. The molecule has 0 spiro atoms. The molecule has 0 unspecified atom stereocenters. The van der Waals surface area contributed by atoms with Crippen LogP contribution in [0.5, 0.6) is 0 Å². The number of carbonyl (C=O) groups is 4. The summed E-state index contributed by atoms with van der Waals surface area (Å²) in [5.41, 5.74) is 0. The molecule has 0 aromatic rings. The maximum absolute atomic E-state index is 8.56. The number of hydrogen-bond acceptors (Lipinski definition) is 10. The average molecular weight is 380 g/mol. The molecule has 0 bridgehead atoms. The van der Waals surface area contributed by atoms with Crippen molar-refractivity contribution in [2.45, 2.75) is 0 Å². The van der Waals surface area contributed by atoms with E-state index < -0.39 is 39.3 Å². The molecule has 21 heteroatoms. The molecule has 0 saturated heterocycles. The molecule has 146 valence electrons. The summed E-state index contributed by atoms with van der Waals surface area (Å²) in [7, 11) is -4.33. The Morgan fingerprint density at radius 3 is 0.440 bits per heavy atom. The fourth-order valence-electron chi connectivity index (χ4n) is 0. The van der Waals surface area contributed by atoms with Crippen LogP contribution in [0.2, 0.25) is 0 Å². The normalized spacial score (nSPS) is 6.00. The first-order valence-corrected chi connectivity index (χ1v) is 4.15. The quantitative estimate of drug-likeness (QED) is 0.174. The maximum Gasteiger partial charge on any atom is 1.00 e. The van der Waals surface area contributed by atoms with Crippen LogP contribution in [0.1, 0.15) is 1.43 Å². The third-order valence-corrected chi connectivity index (χ3v) is 0. The molecule has 14 N–H and O–H groups in total. The second-order valence-corrected chi connectivity index (χ2v) is 1.82. The minimum Gasteiger partial charge on any atom is -1.00 e. The van der Waals surface area contributed by atoms with Gasteiger partial charge in [0.2, 0.25) is 0 Å². The van der Waals surface area contributed by atoms with Crippen molar-refractivity contribution in [3.63, 3.8) is 0 Å². The molecule has 18 nitrogen and oxygen atoms in total. The standard InChI is InChI=1S/4CH2O3.2BH3O3.Li.H/c6*2-1(3)4;;/h4*(H2,2,3,4);2*2-4H;;/q;;;;;;+1;-1. The van der Waals surface area contributed by atoms with Gasteiger partial charge in [0.05, 0.1) is 0 Å². The van der Waals surface area contributed by atoms with E-state index in [4.69, 9.17) is 90.2 Å². The molecule has 0 heterocycles. The number of carboxylic acid groups (broad SMARTS) is 8. The van der Waals surface area contributed by atoms with Gasteiger partial charge in [-0.25, -0.2) is 19.2 Å². The molecule has 0 rings (SSSR count). The first-order valence-electron chi connectivity index (χ1n) is 4.15. The van der Waals surface area contributed by atoms with E-state index in [9.17, 15) is 0 Å². The predicted molar refractivity (Wildman–Crippen MR) is 68.5 cm³/mol. The molecule has 0 amide bonds. The van der Waals surface area contributed by atoms with Crippen molar-refractivity contribution in [2.24, 2.45) is 0 Å². The van der Waals surface area contributed by atoms with Gasteiger partial charge in [0.15, 0.2) is 0 Å². The van der Waals surface area contributed by atoms with Gasteiger partial charge in [-0.3, -0.25) is 0 Å². The third-order valence-electron chi connectivity index (χ3n) is 0. The van der Waals surface area contributed by atoms with Crippen molar-refractivity contribution in [3.8, 4) is 0 Å². The average Bonchev–Trinajstić information content (AvgIpc) is 2.08. The fraction of sp³-hybridized carbons (Fsp3) is 0. The number of rotatable bonds is 0. The molecule has 0 fully saturated rings. The molecule has 0 saturated carbocycles. The zero-order chi connectivity index (χ0) is 21.5. The van der Waals surface area contributed by atoms with Crippen LogP contribution >= 0.6 is 0 Å². The summed E-state index contributed by atoms with van der Waals surface area (Å²) in [4.78, 5) is 34.2. The summed E-state index contributed by atoms with van der Waals surface area (Å²) in [6.45, 7) is 0. The van der Waals surface area contributed by atoms with E-state index in [2.05, 4.69) is 0 Å². The van der Waals surface area contributed by atoms with Crippen LogP contribution < -0.4 is 18.9 Å². The SMILES string of the molecule is O=C(O)O.O=C(O)O.O=C(O)O.O=C(O)O.OB(O)O.OB(O)O.[H-].[Li+]. The second-order valence-electron chi connectivity index (χ2n) is 1.82. The van der Waals surface area contributed by atoms with E-state index in [1.54, 1.807) is 0 Å². The van der Waals surface area contributed by atoms with Crippen LogP contribution in [0.4, 0.5) is 19.2 Å². The first kappa shape index (κ1) is 43.3. The van der Waals surface area contributed by atoms with E-state index >= 15 is 0 Å². The smallest absolute Gasteiger partial charge is 1.00 e. The Kier molecular flexibility index (Phi) is 65.2. The Hall–Kier alpha value is -2.43. The van der Waals surface area contributed by atoms with Crippen molar-refractivity contribution in [1.82, 2.24) is 0 Å². The molecule has 0 radical (unpaired) electrons. The van der Waals surface area contributed by atoms with Crippen molar-refractivity contribution in [3.05, 3.63) is 0 Å². The molecular formula is C4H15B2LiO18. The Balaban J connectivity index is -0.0000000245. The summed E-state index contributed by atoms with van der Waals surface area (Å²) in [6.07, 6.45) is -7.33. The van der Waals surface area contributed by atoms with Gasteiger partial charge in [-0.15, -0.1) is 0 Å². The summed E-state index contributed by atoms with van der Waals surface area (Å²) in [5.74, 6) is 0. The van der Waals surface area contributed by atoms with E-state index in [1.807, 2.05) is 0 Å². The second kappa shape index (κ2) is 37.6. The Morgan fingerprint density at radius 2 is 0.440 bits per heavy atom. The number of hydrogen-bond donors (Lipinski definition) is 14. The van der Waals surface area contributed by atoms with Gasteiger partial charge in [-0.05, 0) is 0 Å². The Bertz CT molecular complexity index is 236. The first-order chi connectivity index (χ1) is 10.4. The van der Waals surface area contributed by atoms with Crippen molar-refractivity contribution in [2.75, 3.05) is 0 Å². The van der Waals surface area contributed by atoms with Crippen LogP contribution in [0.25, 0.3) is 0 Å². The van der Waals surface area contributed by atoms with Gasteiger partial charge in [-0.1, -0.05) is 0 Å². The van der Waals surface area contributed by atoms with Crippen molar-refractivity contribution < 1.29 is 110 Å². The van der Waals surface area contributed by atoms with Gasteiger partial charge < -0.3 is 72.4 Å². The summed E-state index contributed by atoms with van der Waals surface area (Å²) in [5, 5.41) is 98.8. The maximum atomic E-state index is 8.56. The van der Waals surface area contributed by atoms with Gasteiger partial charge in [0.25, 0.3) is 0 Å². The summed E-state index contributed by atoms with van der Waals surface area (Å²) in [6, 6.07) is 0. The zero-order valence-corrected chi connectivity index (χ0v) is 12.0. The summed E-state index contributed by atoms with van der Waals surface area (Å²) < 4.78 is 0. The van der Waals surface area contributed by atoms with Crippen molar-refractivity contribution in [1.29, 1.82) is 0 Å². The van der Waals surface area contributed by atoms with Crippen LogP contribution in [0, 0.1) is 0 Å². The molecule has 0 aromatic carbocycles. The van der Waals surface area contributed by atoms with Crippen molar-refractivity contribution >= 4 is 39.3 Å². The van der Waals surface area contributed by atoms with Gasteiger partial charge in [0, 0.05) is 0 Å². The molecule has 0 aromatic heterocycles. The van der Waals surface area contributed by atoms with E-state index in [0.29, 0.717) is 0 Å². The fourth-order valence-corrected chi connectivity index (χ4v) is 0. The van der Waals surface area contributed by atoms with E-state index in [-0.39, 0.29) is 20.3 Å². The molecule has 0 aliphatic heterocycles. The Morgan fingerprint density at radius 1 is 0.440 bits per heavy atom. The van der Waals surface area contributed by atoms with Crippen LogP contribution in [0.3, 0.4) is 0 Å². The topological polar surface area (TPSA) is 352 Å². The van der Waals surface area contributed by atoms with Gasteiger partial charge in [0.1, 0.15) is 0 Å². The third kappa shape index (κ3) is 1400. The largest absolute Gasteiger partial charge is 1.00 e.